The summed E-state index contributed by atoms with van der Waals surface area (Å²) in [5, 5.41) is 32.4. The fourth-order valence-electron chi connectivity index (χ4n) is 6.69. The molecule has 2 heterocycles. The molecule has 0 aromatic heterocycles. The second-order valence-electron chi connectivity index (χ2n) is 11.1. The van der Waals surface area contributed by atoms with Gasteiger partial charge in [0.15, 0.2) is 0 Å². The third-order valence-corrected chi connectivity index (χ3v) is 8.89. The number of carbonyl (C=O) groups excluding carboxylic acids is 2. The Kier molecular flexibility index (Phi) is 8.49. The predicted octanol–water partition coefficient (Wildman–Crippen LogP) is 6.05. The van der Waals surface area contributed by atoms with Crippen molar-refractivity contribution in [3.63, 3.8) is 0 Å². The number of nitro benzene ring substituents is 1. The molecule has 2 aliphatic heterocycles. The van der Waals surface area contributed by atoms with Crippen molar-refractivity contribution in [1.29, 1.82) is 0 Å². The summed E-state index contributed by atoms with van der Waals surface area (Å²) in [6.07, 6.45) is 5.17. The zero-order chi connectivity index (χ0) is 29.4. The number of aromatic hydroxyl groups is 1. The first kappa shape index (κ1) is 29.2. The van der Waals surface area contributed by atoms with Crippen LogP contribution in [-0.2, 0) is 14.2 Å². The Balaban J connectivity index is 1.41. The van der Waals surface area contributed by atoms with Gasteiger partial charge in [-0.2, -0.15) is 0 Å². The van der Waals surface area contributed by atoms with Crippen LogP contribution in [0.3, 0.4) is 0 Å². The van der Waals surface area contributed by atoms with Crippen molar-refractivity contribution in [3.05, 3.63) is 79.3 Å². The van der Waals surface area contributed by atoms with Crippen molar-refractivity contribution in [2.75, 3.05) is 4.90 Å². The van der Waals surface area contributed by atoms with Gasteiger partial charge in [0, 0.05) is 22.2 Å². The van der Waals surface area contributed by atoms with Crippen LogP contribution in [0.2, 0.25) is 6.32 Å². The van der Waals surface area contributed by atoms with Gasteiger partial charge in [0.05, 0.1) is 28.6 Å². The van der Waals surface area contributed by atoms with Crippen LogP contribution in [0.15, 0.2) is 63.7 Å². The zero-order valence-electron chi connectivity index (χ0n) is 23.0. The van der Waals surface area contributed by atoms with E-state index in [2.05, 4.69) is 22.9 Å². The van der Waals surface area contributed by atoms with Gasteiger partial charge in [0.1, 0.15) is 5.75 Å². The van der Waals surface area contributed by atoms with Gasteiger partial charge in [-0.3, -0.25) is 19.7 Å². The summed E-state index contributed by atoms with van der Waals surface area (Å²) in [5.41, 5.74) is 3.81. The lowest BCUT2D eigenvalue weighted by Crippen LogP contribution is -2.46. The average Bonchev–Trinajstić information content (AvgIpc) is 3.18. The second kappa shape index (κ2) is 11.9. The van der Waals surface area contributed by atoms with Crippen LogP contribution in [0.25, 0.3) is 6.08 Å². The van der Waals surface area contributed by atoms with E-state index in [0.29, 0.717) is 19.3 Å². The summed E-state index contributed by atoms with van der Waals surface area (Å²) in [5.74, 6) is -2.17. The molecule has 2 fully saturated rings. The normalized spacial score (nSPS) is 24.5. The number of nitro groups is 1. The van der Waals surface area contributed by atoms with Crippen molar-refractivity contribution in [1.82, 2.24) is 0 Å². The van der Waals surface area contributed by atoms with E-state index in [1.54, 1.807) is 12.1 Å². The Morgan fingerprint density at radius 1 is 1.20 bits per heavy atom. The number of imide groups is 1. The molecule has 5 rings (SSSR count). The molecule has 2 amide bonds. The first-order valence-corrected chi connectivity index (χ1v) is 14.7. The zero-order valence-corrected chi connectivity index (χ0v) is 24.5. The minimum absolute atomic E-state index is 0.192. The van der Waals surface area contributed by atoms with Crippen molar-refractivity contribution >= 4 is 52.3 Å². The highest BCUT2D eigenvalue weighted by Gasteiger charge is 2.57. The largest absolute Gasteiger partial charge is 0.507 e. The molecule has 0 unspecified atom stereocenters. The highest BCUT2D eigenvalue weighted by molar-refractivity contribution is 9.10. The van der Waals surface area contributed by atoms with E-state index in [9.17, 15) is 29.8 Å². The van der Waals surface area contributed by atoms with Crippen molar-refractivity contribution in [3.8, 4) is 5.75 Å². The van der Waals surface area contributed by atoms with Gasteiger partial charge in [-0.15, -0.1) is 0 Å². The molecule has 214 valence electrons. The van der Waals surface area contributed by atoms with Crippen molar-refractivity contribution < 1.29 is 29.3 Å². The smallest absolute Gasteiger partial charge is 0.455 e. The maximum absolute atomic E-state index is 13.8. The van der Waals surface area contributed by atoms with Crippen LogP contribution in [0, 0.1) is 27.9 Å². The third-order valence-electron chi connectivity index (χ3n) is 8.40. The molecule has 0 radical (unpaired) electrons. The molecular weight excluding hydrogens is 591 g/mol. The number of allylic oxidation sites excluding steroid dienone is 2. The number of halogens is 1. The van der Waals surface area contributed by atoms with Gasteiger partial charge in [0.2, 0.25) is 11.8 Å². The maximum Gasteiger partial charge on any atom is 0.455 e. The first-order valence-electron chi connectivity index (χ1n) is 13.9. The molecule has 2 N–H and O–H groups in total. The molecule has 9 nitrogen and oxygen atoms in total. The number of anilines is 1. The molecule has 2 saturated heterocycles. The van der Waals surface area contributed by atoms with E-state index in [1.807, 2.05) is 19.1 Å². The Hall–Kier alpha value is -3.28. The van der Waals surface area contributed by atoms with Crippen LogP contribution < -0.4 is 4.90 Å². The van der Waals surface area contributed by atoms with Gasteiger partial charge < -0.3 is 14.8 Å². The van der Waals surface area contributed by atoms with Crippen molar-refractivity contribution in [2.45, 2.75) is 58.4 Å². The Labute approximate surface area is 247 Å². The number of fused-ring (bicyclic) bond motifs is 3. The number of amides is 2. The summed E-state index contributed by atoms with van der Waals surface area (Å²) < 4.78 is 6.91. The topological polar surface area (TPSA) is 130 Å². The molecule has 3 aliphatic rings. The minimum Gasteiger partial charge on any atom is -0.507 e. The molecule has 4 atom stereocenters. The predicted molar refractivity (Wildman–Crippen MR) is 159 cm³/mol. The number of carbonyl (C=O) groups is 2. The number of benzene rings is 2. The number of phenolic OH excluding ortho intramolecular Hbond substituents is 1. The van der Waals surface area contributed by atoms with Gasteiger partial charge in [-0.05, 0) is 74.7 Å². The Morgan fingerprint density at radius 2 is 1.98 bits per heavy atom. The average molecular weight is 623 g/mol. The summed E-state index contributed by atoms with van der Waals surface area (Å²) in [6.45, 7) is 4.05. The number of hydrogen-bond acceptors (Lipinski definition) is 7. The lowest BCUT2D eigenvalue weighted by Gasteiger charge is -2.42. The lowest BCUT2D eigenvalue weighted by atomic mass is 9.58. The molecule has 0 saturated carbocycles. The van der Waals surface area contributed by atoms with Gasteiger partial charge in [0.25, 0.3) is 5.69 Å². The second-order valence-corrected chi connectivity index (χ2v) is 12.0. The molecule has 2 aromatic carbocycles. The standard InChI is InChI=1S/C30H32BBrN2O7/c1-3-5-18(13-19-14-20(32)9-10-25(19)35)8-11-26-27-17(2)12-23-28(24(27)16-31(38)41-26)30(37)33(29(23)36)21-6-4-7-22(15-21)34(39)40/h4,6-7,9-10,13-15,23-24,26,28,35,38H,3,5,8,11-12,16H2,1-2H3/b18-13+/t23-,24+,26-,28-/m1/s1. The van der Waals surface area contributed by atoms with E-state index in [0.717, 1.165) is 44.5 Å². The van der Waals surface area contributed by atoms with E-state index in [-0.39, 0.29) is 41.2 Å². The van der Waals surface area contributed by atoms with Crippen LogP contribution >= 0.6 is 15.9 Å². The Bertz CT molecular complexity index is 1460. The first-order chi connectivity index (χ1) is 19.6. The molecule has 0 spiro atoms. The van der Waals surface area contributed by atoms with Gasteiger partial charge in [-0.1, -0.05) is 52.6 Å². The van der Waals surface area contributed by atoms with E-state index in [1.165, 1.54) is 24.3 Å². The molecule has 41 heavy (non-hydrogen) atoms. The van der Waals surface area contributed by atoms with Crippen LogP contribution in [0.5, 0.6) is 5.75 Å². The highest BCUT2D eigenvalue weighted by atomic mass is 79.9. The molecule has 1 aliphatic carbocycles. The summed E-state index contributed by atoms with van der Waals surface area (Å²) >= 11 is 3.46. The summed E-state index contributed by atoms with van der Waals surface area (Å²) in [6, 6.07) is 10.9. The van der Waals surface area contributed by atoms with Gasteiger partial charge in [-0.25, -0.2) is 4.90 Å². The van der Waals surface area contributed by atoms with E-state index < -0.39 is 30.0 Å². The van der Waals surface area contributed by atoms with E-state index >= 15 is 0 Å². The van der Waals surface area contributed by atoms with Crippen LogP contribution in [-0.4, -0.2) is 40.1 Å². The number of hydrogen-bond donors (Lipinski definition) is 2. The molecule has 2 aromatic rings. The molecular formula is C30H32BBrN2O7. The third kappa shape index (κ3) is 5.75. The quantitative estimate of drug-likeness (QED) is 0.120. The number of rotatable bonds is 8. The fourth-order valence-corrected chi connectivity index (χ4v) is 7.07. The molecule has 11 heteroatoms. The SMILES string of the molecule is CCC/C(=C\c1cc(Br)ccc1O)CC[C@H]1OB(O)C[C@H]2C1=C(C)C[C@H]1C(=O)N(c3cccc([N+](=O)[O-])c3)C(=O)[C@H]12. The monoisotopic (exact) mass is 622 g/mol. The highest BCUT2D eigenvalue weighted by Crippen LogP contribution is 2.51. The number of phenols is 1. The Morgan fingerprint density at radius 3 is 2.71 bits per heavy atom. The van der Waals surface area contributed by atoms with Crippen LogP contribution in [0.1, 0.15) is 51.5 Å². The summed E-state index contributed by atoms with van der Waals surface area (Å²) in [4.78, 5) is 39.1. The number of nitrogens with zero attached hydrogens (tertiary/aromatic N) is 2. The lowest BCUT2D eigenvalue weighted by molar-refractivity contribution is -0.384. The summed E-state index contributed by atoms with van der Waals surface area (Å²) in [7, 11) is -1.08. The fraction of sp³-hybridized carbons (Fsp3) is 0.400. The minimum atomic E-state index is -1.08. The van der Waals surface area contributed by atoms with Crippen LogP contribution in [0.4, 0.5) is 11.4 Å². The van der Waals surface area contributed by atoms with Gasteiger partial charge >= 0.3 is 7.12 Å². The van der Waals surface area contributed by atoms with Crippen molar-refractivity contribution in [2.24, 2.45) is 17.8 Å². The molecule has 0 bridgehead atoms. The number of non-ortho nitro benzene ring substituents is 1. The van der Waals surface area contributed by atoms with E-state index in [4.69, 9.17) is 4.65 Å². The maximum atomic E-state index is 13.8.